The Morgan fingerprint density at radius 3 is 2.59 bits per heavy atom. The molecule has 17 heavy (non-hydrogen) atoms. The summed E-state index contributed by atoms with van der Waals surface area (Å²) in [6.45, 7) is 1.90. The van der Waals surface area contributed by atoms with Crippen molar-refractivity contribution >= 4 is 27.7 Å². The molecule has 0 aliphatic carbocycles. The molecule has 0 bridgehead atoms. The van der Waals surface area contributed by atoms with Crippen LogP contribution in [0.25, 0.3) is 0 Å². The average Bonchev–Trinajstić information content (AvgIpc) is 2.29. The van der Waals surface area contributed by atoms with Crippen LogP contribution >= 0.6 is 15.9 Å². The number of hydrogen-bond donors (Lipinski definition) is 1. The van der Waals surface area contributed by atoms with Gasteiger partial charge in [0.2, 0.25) is 0 Å². The maximum Gasteiger partial charge on any atom is 0.341 e. The van der Waals surface area contributed by atoms with E-state index < -0.39 is 5.97 Å². The van der Waals surface area contributed by atoms with E-state index >= 15 is 0 Å². The molecule has 1 aromatic carbocycles. The molecule has 1 rings (SSSR count). The van der Waals surface area contributed by atoms with Crippen molar-refractivity contribution in [1.29, 1.82) is 0 Å². The second-order valence-electron chi connectivity index (χ2n) is 3.28. The number of benzene rings is 1. The minimum atomic E-state index is -0.626. The molecule has 92 valence electrons. The lowest BCUT2D eigenvalue weighted by atomic mass is 10.0. The third-order valence-corrected chi connectivity index (χ3v) is 2.55. The predicted molar refractivity (Wildman–Crippen MR) is 66.8 cm³/mol. The molecule has 0 aromatic heterocycles. The first-order valence-corrected chi connectivity index (χ1v) is 6.32. The summed E-state index contributed by atoms with van der Waals surface area (Å²) in [5, 5.41) is 10.4. The summed E-state index contributed by atoms with van der Waals surface area (Å²) in [6.07, 6.45) is 0.264. The van der Waals surface area contributed by atoms with Crippen molar-refractivity contribution in [2.45, 2.75) is 13.3 Å². The van der Waals surface area contributed by atoms with Crippen LogP contribution in [0.15, 0.2) is 18.2 Å². The van der Waals surface area contributed by atoms with E-state index in [0.29, 0.717) is 5.33 Å². The zero-order chi connectivity index (χ0) is 12.8. The summed E-state index contributed by atoms with van der Waals surface area (Å²) < 4.78 is 4.78. The number of rotatable bonds is 5. The highest BCUT2D eigenvalue weighted by Gasteiger charge is 2.18. The van der Waals surface area contributed by atoms with Crippen LogP contribution in [0.3, 0.4) is 0 Å². The molecule has 0 saturated heterocycles. The van der Waals surface area contributed by atoms with Crippen molar-refractivity contribution in [1.82, 2.24) is 0 Å². The minimum absolute atomic E-state index is 0.0206. The molecule has 1 N–H and O–H groups in total. The summed E-state index contributed by atoms with van der Waals surface area (Å²) in [4.78, 5) is 23.2. The van der Waals surface area contributed by atoms with Crippen molar-refractivity contribution in [2.24, 2.45) is 0 Å². The normalized spacial score (nSPS) is 10.0. The molecule has 0 radical (unpaired) electrons. The topological polar surface area (TPSA) is 63.6 Å². The van der Waals surface area contributed by atoms with Gasteiger partial charge in [-0.15, -0.1) is 0 Å². The lowest BCUT2D eigenvalue weighted by molar-refractivity contribution is 0.0523. The number of carbonyl (C=O) groups excluding carboxylic acids is 2. The Labute approximate surface area is 108 Å². The lowest BCUT2D eigenvalue weighted by Crippen LogP contribution is -2.08. The van der Waals surface area contributed by atoms with Gasteiger partial charge in [-0.2, -0.15) is 0 Å². The van der Waals surface area contributed by atoms with Gasteiger partial charge in [0, 0.05) is 11.8 Å². The zero-order valence-electron chi connectivity index (χ0n) is 9.40. The predicted octanol–water partition coefficient (Wildman–Crippen LogP) is 2.54. The number of esters is 1. The number of alkyl halides is 1. The first kappa shape index (κ1) is 13.7. The van der Waals surface area contributed by atoms with Crippen LogP contribution < -0.4 is 0 Å². The van der Waals surface area contributed by atoms with Gasteiger partial charge in [0.15, 0.2) is 5.78 Å². The summed E-state index contributed by atoms with van der Waals surface area (Å²) >= 11 is 3.15. The number of phenols is 1. The van der Waals surface area contributed by atoms with Crippen molar-refractivity contribution in [3.8, 4) is 5.75 Å². The van der Waals surface area contributed by atoms with Crippen LogP contribution in [0.4, 0.5) is 0 Å². The molecule has 0 aliphatic heterocycles. The number of ether oxygens (including phenoxy) is 1. The van der Waals surface area contributed by atoms with Gasteiger partial charge in [0.05, 0.1) is 12.2 Å². The molecule has 0 atom stereocenters. The Bertz CT molecular complexity index is 392. The SMILES string of the molecule is CCOC(=O)c1cccc(C(=O)CCBr)c1O. The van der Waals surface area contributed by atoms with Crippen LogP contribution in [0.2, 0.25) is 0 Å². The summed E-state index contributed by atoms with van der Waals surface area (Å²) in [5.74, 6) is -1.15. The number of ketones is 1. The van der Waals surface area contributed by atoms with Gasteiger partial charge in [0.1, 0.15) is 11.3 Å². The average molecular weight is 301 g/mol. The maximum atomic E-state index is 11.7. The first-order valence-electron chi connectivity index (χ1n) is 5.20. The van der Waals surface area contributed by atoms with Crippen LogP contribution in [0, 0.1) is 0 Å². The standard InChI is InChI=1S/C12H13BrO4/c1-2-17-12(16)9-5-3-4-8(11(9)15)10(14)6-7-13/h3-5,15H,2,6-7H2,1H3. The smallest absolute Gasteiger partial charge is 0.341 e. The van der Waals surface area contributed by atoms with E-state index in [4.69, 9.17) is 4.74 Å². The van der Waals surface area contributed by atoms with E-state index in [0.717, 1.165) is 0 Å². The Hall–Kier alpha value is -1.36. The molecule has 4 nitrogen and oxygen atoms in total. The first-order chi connectivity index (χ1) is 8.11. The number of Topliss-reactive ketones (excluding diaryl/α,β-unsaturated/α-hetero) is 1. The van der Waals surface area contributed by atoms with Gasteiger partial charge >= 0.3 is 5.97 Å². The van der Waals surface area contributed by atoms with E-state index in [1.54, 1.807) is 13.0 Å². The molecule has 0 amide bonds. The maximum absolute atomic E-state index is 11.7. The Morgan fingerprint density at radius 2 is 2.00 bits per heavy atom. The lowest BCUT2D eigenvalue weighted by Gasteiger charge is -2.07. The Kier molecular flexibility index (Phi) is 5.15. The number of carbonyl (C=O) groups is 2. The van der Waals surface area contributed by atoms with Crippen LogP contribution in [0.5, 0.6) is 5.75 Å². The van der Waals surface area contributed by atoms with Crippen molar-refractivity contribution in [2.75, 3.05) is 11.9 Å². The fourth-order valence-corrected chi connectivity index (χ4v) is 1.72. The molecule has 0 saturated carbocycles. The van der Waals surface area contributed by atoms with Gasteiger partial charge in [-0.1, -0.05) is 22.0 Å². The van der Waals surface area contributed by atoms with E-state index in [1.807, 2.05) is 0 Å². The van der Waals surface area contributed by atoms with Gasteiger partial charge < -0.3 is 9.84 Å². The quantitative estimate of drug-likeness (QED) is 0.516. The highest BCUT2D eigenvalue weighted by Crippen LogP contribution is 2.24. The van der Waals surface area contributed by atoms with E-state index in [-0.39, 0.29) is 35.7 Å². The largest absolute Gasteiger partial charge is 0.506 e. The molecular formula is C12H13BrO4. The monoisotopic (exact) mass is 300 g/mol. The zero-order valence-corrected chi connectivity index (χ0v) is 11.0. The summed E-state index contributed by atoms with van der Waals surface area (Å²) in [6, 6.07) is 4.47. The van der Waals surface area contributed by atoms with Crippen LogP contribution in [-0.2, 0) is 4.74 Å². The van der Waals surface area contributed by atoms with Gasteiger partial charge in [-0.25, -0.2) is 4.79 Å². The number of halogens is 1. The van der Waals surface area contributed by atoms with Gasteiger partial charge in [-0.3, -0.25) is 4.79 Å². The van der Waals surface area contributed by atoms with Crippen molar-refractivity contribution in [3.05, 3.63) is 29.3 Å². The number of aromatic hydroxyl groups is 1. The van der Waals surface area contributed by atoms with E-state index in [1.165, 1.54) is 12.1 Å². The fraction of sp³-hybridized carbons (Fsp3) is 0.333. The summed E-state index contributed by atoms with van der Waals surface area (Å²) in [5.41, 5.74) is 0.169. The van der Waals surface area contributed by atoms with Crippen LogP contribution in [-0.4, -0.2) is 28.8 Å². The second kappa shape index (κ2) is 6.39. The van der Waals surface area contributed by atoms with E-state index in [9.17, 15) is 14.7 Å². The van der Waals surface area contributed by atoms with E-state index in [2.05, 4.69) is 15.9 Å². The number of para-hydroxylation sites is 1. The highest BCUT2D eigenvalue weighted by atomic mass is 79.9. The minimum Gasteiger partial charge on any atom is -0.506 e. The highest BCUT2D eigenvalue weighted by molar-refractivity contribution is 9.09. The molecule has 5 heteroatoms. The molecule has 0 aliphatic rings. The molecule has 0 fully saturated rings. The number of phenolic OH excluding ortho intramolecular Hbond substituents is 1. The van der Waals surface area contributed by atoms with Crippen molar-refractivity contribution in [3.63, 3.8) is 0 Å². The van der Waals surface area contributed by atoms with Crippen molar-refractivity contribution < 1.29 is 19.4 Å². The third-order valence-electron chi connectivity index (χ3n) is 2.15. The fourth-order valence-electron chi connectivity index (χ4n) is 1.36. The molecular weight excluding hydrogens is 288 g/mol. The number of hydrogen-bond acceptors (Lipinski definition) is 4. The molecule has 0 unspecified atom stereocenters. The van der Waals surface area contributed by atoms with Gasteiger partial charge in [0.25, 0.3) is 0 Å². The summed E-state index contributed by atoms with van der Waals surface area (Å²) in [7, 11) is 0. The second-order valence-corrected chi connectivity index (χ2v) is 4.08. The van der Waals surface area contributed by atoms with Crippen LogP contribution in [0.1, 0.15) is 34.1 Å². The third kappa shape index (κ3) is 3.30. The molecule has 0 heterocycles. The van der Waals surface area contributed by atoms with Gasteiger partial charge in [-0.05, 0) is 19.1 Å². The molecule has 1 aromatic rings. The molecule has 0 spiro atoms. The Morgan fingerprint density at radius 1 is 1.35 bits per heavy atom. The Balaban J connectivity index is 3.07.